The van der Waals surface area contributed by atoms with Gasteiger partial charge in [0, 0.05) is 19.7 Å². The van der Waals surface area contributed by atoms with Crippen LogP contribution in [0, 0.1) is 6.92 Å². The first kappa shape index (κ1) is 21.0. The molecule has 0 saturated heterocycles. The topological polar surface area (TPSA) is 111 Å². The predicted octanol–water partition coefficient (Wildman–Crippen LogP) is 1.76. The van der Waals surface area contributed by atoms with Gasteiger partial charge in [0.2, 0.25) is 5.95 Å². The SMILES string of the molecule is CCC[C@@H](CCO)Nc1nc(N)ncc1OCc1cc(C)nn1C.S. The largest absolute Gasteiger partial charge is 0.482 e. The van der Waals surface area contributed by atoms with Crippen molar-refractivity contribution in [3.63, 3.8) is 0 Å². The van der Waals surface area contributed by atoms with Gasteiger partial charge in [-0.15, -0.1) is 0 Å². The number of aliphatic hydroxyl groups excluding tert-OH is 1. The van der Waals surface area contributed by atoms with E-state index in [9.17, 15) is 5.11 Å². The van der Waals surface area contributed by atoms with Crippen LogP contribution in [0.1, 0.15) is 37.6 Å². The molecule has 8 nitrogen and oxygen atoms in total. The van der Waals surface area contributed by atoms with Crippen LogP contribution in [-0.4, -0.2) is 37.5 Å². The van der Waals surface area contributed by atoms with Crippen LogP contribution in [0.25, 0.3) is 0 Å². The van der Waals surface area contributed by atoms with Gasteiger partial charge in [-0.2, -0.15) is 23.6 Å². The van der Waals surface area contributed by atoms with Crippen molar-refractivity contribution in [2.24, 2.45) is 7.05 Å². The summed E-state index contributed by atoms with van der Waals surface area (Å²) in [4.78, 5) is 8.25. The predicted molar refractivity (Wildman–Crippen MR) is 103 cm³/mol. The number of aryl methyl sites for hydroxylation is 2. The van der Waals surface area contributed by atoms with Gasteiger partial charge in [0.25, 0.3) is 0 Å². The second-order valence-electron chi connectivity index (χ2n) is 5.77. The van der Waals surface area contributed by atoms with E-state index in [1.165, 1.54) is 0 Å². The molecule has 0 aliphatic heterocycles. The molecule has 9 heteroatoms. The summed E-state index contributed by atoms with van der Waals surface area (Å²) in [6.07, 6.45) is 4.13. The standard InChI is InChI=1S/C16H26N6O2.H2S/c1-4-5-12(6-7-23)19-15-14(9-18-16(17)20-15)24-10-13-8-11(2)21-22(13)3;/h8-9,12,23H,4-7,10H2,1-3H3,(H3,17,18,19,20);1H2/t12-;/m0./s1. The zero-order valence-corrected chi connectivity index (χ0v) is 16.0. The lowest BCUT2D eigenvalue weighted by Gasteiger charge is -2.19. The average Bonchev–Trinajstić information content (AvgIpc) is 2.85. The van der Waals surface area contributed by atoms with Gasteiger partial charge >= 0.3 is 0 Å². The number of anilines is 2. The smallest absolute Gasteiger partial charge is 0.222 e. The fourth-order valence-corrected chi connectivity index (χ4v) is 2.53. The molecule has 0 unspecified atom stereocenters. The normalized spacial score (nSPS) is 11.7. The number of rotatable bonds is 9. The Kier molecular flexibility index (Phi) is 8.50. The lowest BCUT2D eigenvalue weighted by Crippen LogP contribution is -2.22. The highest BCUT2D eigenvalue weighted by Gasteiger charge is 2.14. The second kappa shape index (κ2) is 10.1. The van der Waals surface area contributed by atoms with Crippen molar-refractivity contribution in [3.05, 3.63) is 23.7 Å². The van der Waals surface area contributed by atoms with Gasteiger partial charge in [-0.3, -0.25) is 4.68 Å². The molecule has 2 rings (SSSR count). The zero-order chi connectivity index (χ0) is 17.5. The number of hydrogen-bond acceptors (Lipinski definition) is 7. The Balaban J connectivity index is 0.00000312. The maximum atomic E-state index is 9.21. The van der Waals surface area contributed by atoms with Crippen LogP contribution in [0.5, 0.6) is 5.75 Å². The molecule has 4 N–H and O–H groups in total. The quantitative estimate of drug-likeness (QED) is 0.618. The Labute approximate surface area is 155 Å². The van der Waals surface area contributed by atoms with Crippen molar-refractivity contribution in [1.82, 2.24) is 19.7 Å². The highest BCUT2D eigenvalue weighted by Crippen LogP contribution is 2.25. The molecule has 2 heterocycles. The van der Waals surface area contributed by atoms with Gasteiger partial charge in [0.15, 0.2) is 11.6 Å². The summed E-state index contributed by atoms with van der Waals surface area (Å²) in [7, 11) is 1.88. The third kappa shape index (κ3) is 6.09. The fraction of sp³-hybridized carbons (Fsp3) is 0.562. The number of nitrogen functional groups attached to an aromatic ring is 1. The van der Waals surface area contributed by atoms with Crippen molar-refractivity contribution < 1.29 is 9.84 Å². The first-order valence-corrected chi connectivity index (χ1v) is 8.15. The molecule has 2 aromatic rings. The molecular weight excluding hydrogens is 340 g/mol. The Morgan fingerprint density at radius 2 is 2.16 bits per heavy atom. The maximum Gasteiger partial charge on any atom is 0.222 e. The van der Waals surface area contributed by atoms with Crippen LogP contribution in [0.2, 0.25) is 0 Å². The fourth-order valence-electron chi connectivity index (χ4n) is 2.53. The summed E-state index contributed by atoms with van der Waals surface area (Å²) in [6, 6.07) is 2.08. The van der Waals surface area contributed by atoms with Crippen LogP contribution >= 0.6 is 13.5 Å². The minimum absolute atomic E-state index is 0. The molecule has 0 fully saturated rings. The molecule has 0 aliphatic carbocycles. The Morgan fingerprint density at radius 3 is 2.76 bits per heavy atom. The number of nitrogens with two attached hydrogens (primary N) is 1. The van der Waals surface area contributed by atoms with Crippen LogP contribution in [0.4, 0.5) is 11.8 Å². The third-order valence-electron chi connectivity index (χ3n) is 3.70. The molecule has 0 aromatic carbocycles. The number of aromatic nitrogens is 4. The first-order chi connectivity index (χ1) is 11.5. The van der Waals surface area contributed by atoms with Gasteiger partial charge in [-0.25, -0.2) is 4.98 Å². The van der Waals surface area contributed by atoms with Gasteiger partial charge in [0.1, 0.15) is 6.61 Å². The van der Waals surface area contributed by atoms with Crippen molar-refractivity contribution in [1.29, 1.82) is 0 Å². The third-order valence-corrected chi connectivity index (χ3v) is 3.70. The zero-order valence-electron chi connectivity index (χ0n) is 15.0. The summed E-state index contributed by atoms with van der Waals surface area (Å²) >= 11 is 0. The number of nitrogens with zero attached hydrogens (tertiary/aromatic N) is 4. The average molecular weight is 369 g/mol. The van der Waals surface area contributed by atoms with Crippen LogP contribution in [0.15, 0.2) is 12.3 Å². The lowest BCUT2D eigenvalue weighted by molar-refractivity contribution is 0.275. The molecule has 2 aromatic heterocycles. The number of hydrogen-bond donors (Lipinski definition) is 3. The Hall–Kier alpha value is -2.00. The molecule has 1 atom stereocenters. The van der Waals surface area contributed by atoms with E-state index in [1.807, 2.05) is 20.0 Å². The molecular formula is C16H28N6O2S. The number of ether oxygens (including phenoxy) is 1. The van der Waals surface area contributed by atoms with Crippen molar-refractivity contribution in [3.8, 4) is 5.75 Å². The molecule has 0 spiro atoms. The minimum atomic E-state index is 0. The lowest BCUT2D eigenvalue weighted by atomic mass is 10.1. The second-order valence-corrected chi connectivity index (χ2v) is 5.77. The summed E-state index contributed by atoms with van der Waals surface area (Å²) in [6.45, 7) is 4.51. The van der Waals surface area contributed by atoms with E-state index in [0.717, 1.165) is 24.2 Å². The minimum Gasteiger partial charge on any atom is -0.482 e. The van der Waals surface area contributed by atoms with Crippen LogP contribution < -0.4 is 15.8 Å². The molecule has 140 valence electrons. The summed E-state index contributed by atoms with van der Waals surface area (Å²) < 4.78 is 7.65. The van der Waals surface area contributed by atoms with E-state index >= 15 is 0 Å². The van der Waals surface area contributed by atoms with E-state index in [0.29, 0.717) is 24.6 Å². The van der Waals surface area contributed by atoms with Gasteiger partial charge in [-0.05, 0) is 25.8 Å². The van der Waals surface area contributed by atoms with Gasteiger partial charge in [-0.1, -0.05) is 13.3 Å². The summed E-state index contributed by atoms with van der Waals surface area (Å²) in [5.74, 6) is 1.26. The Bertz CT molecular complexity index is 658. The molecule has 0 radical (unpaired) electrons. The van der Waals surface area contributed by atoms with E-state index < -0.39 is 0 Å². The van der Waals surface area contributed by atoms with Gasteiger partial charge < -0.3 is 20.9 Å². The van der Waals surface area contributed by atoms with Crippen LogP contribution in [0.3, 0.4) is 0 Å². The summed E-state index contributed by atoms with van der Waals surface area (Å²) in [5, 5.41) is 16.8. The maximum absolute atomic E-state index is 9.21. The van der Waals surface area contributed by atoms with Crippen molar-refractivity contribution in [2.45, 2.75) is 45.8 Å². The monoisotopic (exact) mass is 368 g/mol. The number of nitrogens with one attached hydrogen (secondary N) is 1. The Morgan fingerprint density at radius 1 is 1.40 bits per heavy atom. The molecule has 0 saturated carbocycles. The summed E-state index contributed by atoms with van der Waals surface area (Å²) in [5.41, 5.74) is 7.60. The van der Waals surface area contributed by atoms with E-state index in [2.05, 4.69) is 27.3 Å². The van der Waals surface area contributed by atoms with Crippen LogP contribution in [-0.2, 0) is 13.7 Å². The highest BCUT2D eigenvalue weighted by molar-refractivity contribution is 7.59. The van der Waals surface area contributed by atoms with Gasteiger partial charge in [0.05, 0.1) is 17.6 Å². The molecule has 0 aliphatic rings. The number of aliphatic hydroxyl groups is 1. The van der Waals surface area contributed by atoms with E-state index in [1.54, 1.807) is 10.9 Å². The molecule has 25 heavy (non-hydrogen) atoms. The van der Waals surface area contributed by atoms with E-state index in [4.69, 9.17) is 10.5 Å². The molecule has 0 amide bonds. The van der Waals surface area contributed by atoms with Crippen molar-refractivity contribution in [2.75, 3.05) is 17.7 Å². The highest BCUT2D eigenvalue weighted by atomic mass is 32.1. The van der Waals surface area contributed by atoms with Crippen molar-refractivity contribution >= 4 is 25.3 Å². The molecule has 0 bridgehead atoms. The van der Waals surface area contributed by atoms with E-state index in [-0.39, 0.29) is 32.1 Å². The first-order valence-electron chi connectivity index (χ1n) is 8.15.